The average Bonchev–Trinajstić information content (AvgIpc) is 2.33. The van der Waals surface area contributed by atoms with Gasteiger partial charge in [0.05, 0.1) is 19.0 Å². The molecule has 1 N–H and O–H groups in total. The predicted octanol–water partition coefficient (Wildman–Crippen LogP) is 1.90. The molecule has 16 heavy (non-hydrogen) atoms. The van der Waals surface area contributed by atoms with Gasteiger partial charge in [0.2, 0.25) is 0 Å². The Morgan fingerprint density at radius 1 is 1.19 bits per heavy atom. The van der Waals surface area contributed by atoms with Crippen molar-refractivity contribution in [1.82, 2.24) is 9.97 Å². The van der Waals surface area contributed by atoms with Crippen molar-refractivity contribution in [3.63, 3.8) is 0 Å². The monoisotopic (exact) mass is 220 g/mol. The van der Waals surface area contributed by atoms with E-state index in [4.69, 9.17) is 9.84 Å². The second-order valence-electron chi connectivity index (χ2n) is 3.05. The molecule has 0 atom stereocenters. The van der Waals surface area contributed by atoms with Gasteiger partial charge in [0, 0.05) is 5.56 Å². The van der Waals surface area contributed by atoms with E-state index in [2.05, 4.69) is 9.97 Å². The topological polar surface area (TPSA) is 55.2 Å². The van der Waals surface area contributed by atoms with Gasteiger partial charge in [-0.2, -0.15) is 0 Å². The number of aromatic nitrogens is 2. The summed E-state index contributed by atoms with van der Waals surface area (Å²) >= 11 is 0. The van der Waals surface area contributed by atoms with Crippen molar-refractivity contribution < 1.29 is 14.2 Å². The van der Waals surface area contributed by atoms with E-state index in [1.165, 1.54) is 0 Å². The van der Waals surface area contributed by atoms with Crippen LogP contribution in [0.1, 0.15) is 5.56 Å². The SMILES string of the molecule is OCc1ccccc1Oc1ncc(F)cn1. The van der Waals surface area contributed by atoms with Gasteiger partial charge in [-0.3, -0.25) is 0 Å². The van der Waals surface area contributed by atoms with E-state index in [1.807, 2.05) is 0 Å². The first-order valence-electron chi connectivity index (χ1n) is 4.64. The number of rotatable bonds is 3. The lowest BCUT2D eigenvalue weighted by Crippen LogP contribution is -1.95. The zero-order valence-corrected chi connectivity index (χ0v) is 8.30. The fraction of sp³-hybridized carbons (Fsp3) is 0.0909. The summed E-state index contributed by atoms with van der Waals surface area (Å²) in [5.74, 6) is -0.0700. The van der Waals surface area contributed by atoms with E-state index in [-0.39, 0.29) is 12.6 Å². The van der Waals surface area contributed by atoms with Crippen molar-refractivity contribution in [2.45, 2.75) is 6.61 Å². The number of aliphatic hydroxyl groups excluding tert-OH is 1. The number of hydrogen-bond donors (Lipinski definition) is 1. The van der Waals surface area contributed by atoms with Crippen LogP contribution in [-0.4, -0.2) is 15.1 Å². The molecule has 0 aliphatic rings. The molecule has 5 heteroatoms. The highest BCUT2D eigenvalue weighted by molar-refractivity contribution is 5.34. The summed E-state index contributed by atoms with van der Waals surface area (Å²) in [6.07, 6.45) is 2.04. The van der Waals surface area contributed by atoms with Crippen LogP contribution in [0.2, 0.25) is 0 Å². The first-order chi connectivity index (χ1) is 7.79. The van der Waals surface area contributed by atoms with E-state index < -0.39 is 5.82 Å². The minimum absolute atomic E-state index is 0.0438. The quantitative estimate of drug-likeness (QED) is 0.858. The van der Waals surface area contributed by atoms with Crippen molar-refractivity contribution in [1.29, 1.82) is 0 Å². The van der Waals surface area contributed by atoms with Gasteiger partial charge < -0.3 is 9.84 Å². The van der Waals surface area contributed by atoms with Gasteiger partial charge in [0.1, 0.15) is 5.75 Å². The molecule has 0 amide bonds. The lowest BCUT2D eigenvalue weighted by Gasteiger charge is -2.06. The lowest BCUT2D eigenvalue weighted by molar-refractivity contribution is 0.275. The zero-order valence-electron chi connectivity index (χ0n) is 8.30. The van der Waals surface area contributed by atoms with Crippen LogP contribution in [0, 0.1) is 5.82 Å². The Morgan fingerprint density at radius 2 is 1.88 bits per heavy atom. The summed E-state index contributed by atoms with van der Waals surface area (Å²) in [5, 5.41) is 9.06. The van der Waals surface area contributed by atoms with Crippen LogP contribution in [0.3, 0.4) is 0 Å². The highest BCUT2D eigenvalue weighted by Crippen LogP contribution is 2.22. The van der Waals surface area contributed by atoms with Crippen molar-refractivity contribution in [2.24, 2.45) is 0 Å². The third-order valence-electron chi connectivity index (χ3n) is 1.94. The molecule has 0 fully saturated rings. The average molecular weight is 220 g/mol. The zero-order chi connectivity index (χ0) is 11.4. The molecular formula is C11H9FN2O2. The van der Waals surface area contributed by atoms with Gasteiger partial charge in [0.15, 0.2) is 5.82 Å². The molecule has 2 rings (SSSR count). The standard InChI is InChI=1S/C11H9FN2O2/c12-9-5-13-11(14-6-9)16-10-4-2-1-3-8(10)7-15/h1-6,15H,7H2. The normalized spacial score (nSPS) is 10.1. The molecule has 2 aromatic rings. The summed E-state index contributed by atoms with van der Waals surface area (Å²) < 4.78 is 17.9. The third kappa shape index (κ3) is 2.32. The van der Waals surface area contributed by atoms with Crippen LogP contribution in [0.5, 0.6) is 11.8 Å². The van der Waals surface area contributed by atoms with E-state index in [1.54, 1.807) is 24.3 Å². The summed E-state index contributed by atoms with van der Waals surface area (Å²) in [6.45, 7) is -0.141. The molecule has 1 heterocycles. The van der Waals surface area contributed by atoms with Crippen molar-refractivity contribution in [2.75, 3.05) is 0 Å². The Hall–Kier alpha value is -2.01. The summed E-state index contributed by atoms with van der Waals surface area (Å²) in [5.41, 5.74) is 0.621. The molecule has 1 aromatic heterocycles. The van der Waals surface area contributed by atoms with Crippen molar-refractivity contribution in [3.8, 4) is 11.8 Å². The van der Waals surface area contributed by atoms with Crippen molar-refractivity contribution in [3.05, 3.63) is 48.0 Å². The second kappa shape index (κ2) is 4.67. The number of ether oxygens (including phenoxy) is 1. The van der Waals surface area contributed by atoms with Crippen LogP contribution < -0.4 is 4.74 Å². The van der Waals surface area contributed by atoms with Crippen LogP contribution >= 0.6 is 0 Å². The number of halogens is 1. The molecule has 4 nitrogen and oxygen atoms in total. The number of para-hydroxylation sites is 1. The van der Waals surface area contributed by atoms with Crippen LogP contribution in [0.4, 0.5) is 4.39 Å². The van der Waals surface area contributed by atoms with Crippen molar-refractivity contribution >= 4 is 0 Å². The van der Waals surface area contributed by atoms with E-state index in [0.29, 0.717) is 11.3 Å². The summed E-state index contributed by atoms with van der Waals surface area (Å²) in [7, 11) is 0. The molecule has 0 saturated carbocycles. The number of benzene rings is 1. The number of aliphatic hydroxyl groups is 1. The molecule has 1 aromatic carbocycles. The van der Waals surface area contributed by atoms with Gasteiger partial charge in [0.25, 0.3) is 0 Å². The Balaban J connectivity index is 2.23. The lowest BCUT2D eigenvalue weighted by atomic mass is 10.2. The maximum absolute atomic E-state index is 12.6. The largest absolute Gasteiger partial charge is 0.424 e. The molecule has 0 radical (unpaired) electrons. The first kappa shape index (κ1) is 10.5. The highest BCUT2D eigenvalue weighted by Gasteiger charge is 2.05. The fourth-order valence-electron chi connectivity index (χ4n) is 1.19. The summed E-state index contributed by atoms with van der Waals surface area (Å²) in [4.78, 5) is 7.32. The van der Waals surface area contributed by atoms with Crippen LogP contribution in [0.25, 0.3) is 0 Å². The fourth-order valence-corrected chi connectivity index (χ4v) is 1.19. The number of nitrogens with zero attached hydrogens (tertiary/aromatic N) is 2. The number of hydrogen-bond acceptors (Lipinski definition) is 4. The second-order valence-corrected chi connectivity index (χ2v) is 3.05. The molecular weight excluding hydrogens is 211 g/mol. The van der Waals surface area contributed by atoms with E-state index in [0.717, 1.165) is 12.4 Å². The molecule has 0 bridgehead atoms. The van der Waals surface area contributed by atoms with E-state index >= 15 is 0 Å². The van der Waals surface area contributed by atoms with Crippen LogP contribution in [0.15, 0.2) is 36.7 Å². The third-order valence-corrected chi connectivity index (χ3v) is 1.94. The molecule has 0 aliphatic heterocycles. The molecule has 82 valence electrons. The van der Waals surface area contributed by atoms with Gasteiger partial charge in [-0.25, -0.2) is 14.4 Å². The molecule has 0 aliphatic carbocycles. The summed E-state index contributed by atoms with van der Waals surface area (Å²) in [6, 6.07) is 6.99. The minimum atomic E-state index is -0.525. The molecule has 0 spiro atoms. The van der Waals surface area contributed by atoms with Gasteiger partial charge in [-0.05, 0) is 6.07 Å². The molecule has 0 saturated heterocycles. The smallest absolute Gasteiger partial charge is 0.322 e. The van der Waals surface area contributed by atoms with Crippen LogP contribution in [-0.2, 0) is 6.61 Å². The van der Waals surface area contributed by atoms with Gasteiger partial charge >= 0.3 is 6.01 Å². The Bertz CT molecular complexity index is 474. The molecule has 0 unspecified atom stereocenters. The maximum Gasteiger partial charge on any atom is 0.322 e. The predicted molar refractivity (Wildman–Crippen MR) is 54.4 cm³/mol. The van der Waals surface area contributed by atoms with E-state index in [9.17, 15) is 4.39 Å². The van der Waals surface area contributed by atoms with Gasteiger partial charge in [-0.15, -0.1) is 0 Å². The Kier molecular flexibility index (Phi) is 3.07. The first-order valence-corrected chi connectivity index (χ1v) is 4.64. The maximum atomic E-state index is 12.6. The Morgan fingerprint density at radius 3 is 2.56 bits per heavy atom. The van der Waals surface area contributed by atoms with Gasteiger partial charge in [-0.1, -0.05) is 18.2 Å². The highest BCUT2D eigenvalue weighted by atomic mass is 19.1. The minimum Gasteiger partial charge on any atom is -0.424 e. The Labute approximate surface area is 91.4 Å².